The summed E-state index contributed by atoms with van der Waals surface area (Å²) in [6.45, 7) is 2.51. The molecule has 0 radical (unpaired) electrons. The number of hydrogen-bond donors (Lipinski definition) is 1. The van der Waals surface area contributed by atoms with Crippen LogP contribution in [0.3, 0.4) is 0 Å². The van der Waals surface area contributed by atoms with Crippen molar-refractivity contribution >= 4 is 5.82 Å². The molecule has 1 N–H and O–H groups in total. The van der Waals surface area contributed by atoms with Crippen molar-refractivity contribution in [3.63, 3.8) is 0 Å². The lowest BCUT2D eigenvalue weighted by molar-refractivity contribution is 0.397. The lowest BCUT2D eigenvalue weighted by atomic mass is 10.4. The second kappa shape index (κ2) is 5.29. The summed E-state index contributed by atoms with van der Waals surface area (Å²) in [6, 6.07) is 1.71. The second-order valence-corrected chi connectivity index (χ2v) is 3.37. The number of methoxy groups -OCH3 is 1. The maximum Gasteiger partial charge on any atom is 0.218 e. The van der Waals surface area contributed by atoms with Crippen molar-refractivity contribution in [3.8, 4) is 5.88 Å². The Balaban J connectivity index is 1.96. The van der Waals surface area contributed by atoms with E-state index < -0.39 is 0 Å². The second-order valence-electron chi connectivity index (χ2n) is 3.37. The van der Waals surface area contributed by atoms with E-state index in [-0.39, 0.29) is 0 Å². The summed E-state index contributed by atoms with van der Waals surface area (Å²) in [5.41, 5.74) is 0. The summed E-state index contributed by atoms with van der Waals surface area (Å²) in [6.07, 6.45) is 4.01. The van der Waals surface area contributed by atoms with Gasteiger partial charge in [-0.1, -0.05) is 6.92 Å². The highest BCUT2D eigenvalue weighted by atomic mass is 16.5. The van der Waals surface area contributed by atoms with Crippen LogP contribution in [0.1, 0.15) is 18.6 Å². The predicted octanol–water partition coefficient (Wildman–Crippen LogP) is 1.65. The fourth-order valence-electron chi connectivity index (χ4n) is 1.31. The van der Waals surface area contributed by atoms with E-state index in [1.807, 2.05) is 6.92 Å². The first-order chi connectivity index (χ1) is 8.31. The van der Waals surface area contributed by atoms with Gasteiger partial charge in [-0.3, -0.25) is 0 Å². The molecule has 0 amide bonds. The zero-order valence-electron chi connectivity index (χ0n) is 9.80. The van der Waals surface area contributed by atoms with Gasteiger partial charge in [0.1, 0.15) is 17.9 Å². The normalized spacial score (nSPS) is 10.2. The standard InChI is InChI=1S/C11H14N4O2/c1-3-8-5-13-11(17-8)6-12-9-4-10(16-2)15-7-14-9/h4-5,7H,3,6H2,1-2H3,(H,12,14,15). The molecule has 2 aromatic heterocycles. The molecule has 2 heterocycles. The first kappa shape index (κ1) is 11.4. The van der Waals surface area contributed by atoms with Gasteiger partial charge >= 0.3 is 0 Å². The number of rotatable bonds is 5. The smallest absolute Gasteiger partial charge is 0.218 e. The molecule has 0 aliphatic rings. The van der Waals surface area contributed by atoms with Crippen LogP contribution in [0.15, 0.2) is 23.0 Å². The first-order valence-electron chi connectivity index (χ1n) is 5.35. The molecule has 0 unspecified atom stereocenters. The van der Waals surface area contributed by atoms with Crippen LogP contribution < -0.4 is 10.1 Å². The Morgan fingerprint density at radius 3 is 2.94 bits per heavy atom. The fraction of sp³-hybridized carbons (Fsp3) is 0.364. The molecule has 17 heavy (non-hydrogen) atoms. The van der Waals surface area contributed by atoms with E-state index in [0.717, 1.165) is 12.2 Å². The van der Waals surface area contributed by atoms with Crippen LogP contribution in [0.25, 0.3) is 0 Å². The van der Waals surface area contributed by atoms with Crippen molar-refractivity contribution in [2.24, 2.45) is 0 Å². The quantitative estimate of drug-likeness (QED) is 0.848. The Morgan fingerprint density at radius 1 is 1.35 bits per heavy atom. The molecule has 2 rings (SSSR count). The first-order valence-corrected chi connectivity index (χ1v) is 5.35. The van der Waals surface area contributed by atoms with Gasteiger partial charge in [0.15, 0.2) is 0 Å². The molecule has 0 atom stereocenters. The van der Waals surface area contributed by atoms with Crippen LogP contribution in [-0.4, -0.2) is 22.1 Å². The number of aromatic nitrogens is 3. The minimum absolute atomic E-state index is 0.486. The van der Waals surface area contributed by atoms with E-state index in [0.29, 0.717) is 24.1 Å². The number of anilines is 1. The number of ether oxygens (including phenoxy) is 1. The Morgan fingerprint density at radius 2 is 2.24 bits per heavy atom. The van der Waals surface area contributed by atoms with Crippen LogP contribution in [-0.2, 0) is 13.0 Å². The topological polar surface area (TPSA) is 73.1 Å². The molecular formula is C11H14N4O2. The number of hydrogen-bond acceptors (Lipinski definition) is 6. The molecule has 2 aromatic rings. The van der Waals surface area contributed by atoms with Gasteiger partial charge in [-0.2, -0.15) is 0 Å². The number of oxazole rings is 1. The van der Waals surface area contributed by atoms with Gasteiger partial charge < -0.3 is 14.5 Å². The molecule has 0 fully saturated rings. The molecule has 0 spiro atoms. The van der Waals surface area contributed by atoms with Crippen molar-refractivity contribution in [1.29, 1.82) is 0 Å². The molecule has 0 saturated carbocycles. The van der Waals surface area contributed by atoms with E-state index in [1.54, 1.807) is 19.4 Å². The monoisotopic (exact) mass is 234 g/mol. The van der Waals surface area contributed by atoms with E-state index in [9.17, 15) is 0 Å². The third-order valence-electron chi connectivity index (χ3n) is 2.22. The van der Waals surface area contributed by atoms with Crippen LogP contribution in [0.2, 0.25) is 0 Å². The largest absolute Gasteiger partial charge is 0.481 e. The van der Waals surface area contributed by atoms with Gasteiger partial charge in [-0.05, 0) is 0 Å². The summed E-state index contributed by atoms with van der Waals surface area (Å²) < 4.78 is 10.5. The highest BCUT2D eigenvalue weighted by Gasteiger charge is 2.03. The number of nitrogens with zero attached hydrogens (tertiary/aromatic N) is 3. The Hall–Kier alpha value is -2.11. The molecule has 90 valence electrons. The maximum atomic E-state index is 5.46. The van der Waals surface area contributed by atoms with E-state index in [4.69, 9.17) is 9.15 Å². The van der Waals surface area contributed by atoms with Gasteiger partial charge in [0.2, 0.25) is 11.8 Å². The average Bonchev–Trinajstić information content (AvgIpc) is 2.84. The van der Waals surface area contributed by atoms with Crippen molar-refractivity contribution in [3.05, 3.63) is 30.2 Å². The average molecular weight is 234 g/mol. The number of nitrogens with one attached hydrogen (secondary N) is 1. The van der Waals surface area contributed by atoms with Crippen LogP contribution >= 0.6 is 0 Å². The van der Waals surface area contributed by atoms with Crippen LogP contribution in [0.5, 0.6) is 5.88 Å². The van der Waals surface area contributed by atoms with Crippen molar-refractivity contribution in [2.75, 3.05) is 12.4 Å². The van der Waals surface area contributed by atoms with Gasteiger partial charge in [-0.15, -0.1) is 0 Å². The SMILES string of the molecule is CCc1cnc(CNc2cc(OC)ncn2)o1. The summed E-state index contributed by atoms with van der Waals surface area (Å²) in [5.74, 6) is 2.71. The van der Waals surface area contributed by atoms with Crippen molar-refractivity contribution < 1.29 is 9.15 Å². The molecule has 0 saturated heterocycles. The van der Waals surface area contributed by atoms with Crippen LogP contribution in [0, 0.1) is 0 Å². The van der Waals surface area contributed by atoms with Gasteiger partial charge in [-0.25, -0.2) is 15.0 Å². The molecule has 6 nitrogen and oxygen atoms in total. The number of aryl methyl sites for hydroxylation is 1. The maximum absolute atomic E-state index is 5.46. The molecular weight excluding hydrogens is 220 g/mol. The van der Waals surface area contributed by atoms with Gasteiger partial charge in [0.25, 0.3) is 0 Å². The summed E-state index contributed by atoms with van der Waals surface area (Å²) >= 11 is 0. The molecule has 0 bridgehead atoms. The summed E-state index contributed by atoms with van der Waals surface area (Å²) in [7, 11) is 1.56. The van der Waals surface area contributed by atoms with Crippen molar-refractivity contribution in [2.45, 2.75) is 19.9 Å². The Labute approximate surface area is 99.1 Å². The lowest BCUT2D eigenvalue weighted by Gasteiger charge is -2.03. The minimum atomic E-state index is 0.486. The Kier molecular flexibility index (Phi) is 3.54. The minimum Gasteiger partial charge on any atom is -0.481 e. The van der Waals surface area contributed by atoms with E-state index in [1.165, 1.54) is 6.33 Å². The van der Waals surface area contributed by atoms with Crippen molar-refractivity contribution in [1.82, 2.24) is 15.0 Å². The van der Waals surface area contributed by atoms with Gasteiger partial charge in [0.05, 0.1) is 19.9 Å². The summed E-state index contributed by atoms with van der Waals surface area (Å²) in [4.78, 5) is 12.1. The Bertz CT molecular complexity index is 484. The zero-order chi connectivity index (χ0) is 12.1. The zero-order valence-corrected chi connectivity index (χ0v) is 9.80. The highest BCUT2D eigenvalue weighted by Crippen LogP contribution is 2.11. The highest BCUT2D eigenvalue weighted by molar-refractivity contribution is 5.36. The molecule has 6 heteroatoms. The van der Waals surface area contributed by atoms with E-state index >= 15 is 0 Å². The third-order valence-corrected chi connectivity index (χ3v) is 2.22. The van der Waals surface area contributed by atoms with E-state index in [2.05, 4.69) is 20.3 Å². The third kappa shape index (κ3) is 2.93. The lowest BCUT2D eigenvalue weighted by Crippen LogP contribution is -2.02. The molecule has 0 aliphatic carbocycles. The molecule has 0 aromatic carbocycles. The van der Waals surface area contributed by atoms with Crippen LogP contribution in [0.4, 0.5) is 5.82 Å². The molecule has 0 aliphatic heterocycles. The summed E-state index contributed by atoms with van der Waals surface area (Å²) in [5, 5.41) is 3.09. The fourth-order valence-corrected chi connectivity index (χ4v) is 1.31. The van der Waals surface area contributed by atoms with Gasteiger partial charge in [0, 0.05) is 12.5 Å². The predicted molar refractivity (Wildman–Crippen MR) is 61.8 cm³/mol.